The summed E-state index contributed by atoms with van der Waals surface area (Å²) in [7, 11) is 0. The molecule has 0 bridgehead atoms. The molecule has 8 aromatic carbocycles. The Hall–Kier alpha value is -8.28. The second-order valence-corrected chi connectivity index (χ2v) is 24.0. The lowest BCUT2D eigenvalue weighted by Gasteiger charge is -2.41. The van der Waals surface area contributed by atoms with Crippen LogP contribution in [0.3, 0.4) is 0 Å². The molecule has 0 spiro atoms. The highest BCUT2D eigenvalue weighted by molar-refractivity contribution is 9.11. The lowest BCUT2D eigenvalue weighted by atomic mass is 9.69. The first-order valence-corrected chi connectivity index (χ1v) is 28.4. The summed E-state index contributed by atoms with van der Waals surface area (Å²) in [6, 6.07) is 69.4. The number of nitrogens with zero attached hydrogens (tertiary/aromatic N) is 7. The molecule has 372 valence electrons. The Morgan fingerprint density at radius 3 is 1.14 bits per heavy atom. The lowest BCUT2D eigenvalue weighted by molar-refractivity contribution is 0.610. The Balaban J connectivity index is 0.000000117. The fourth-order valence-electron chi connectivity index (χ4n) is 12.2. The number of benzene rings is 8. The van der Waals surface area contributed by atoms with Crippen LogP contribution in [0.5, 0.6) is 0 Å². The molecule has 10 heteroatoms. The average Bonchev–Trinajstić information content (AvgIpc) is 4.25. The molecule has 0 saturated heterocycles. The van der Waals surface area contributed by atoms with Crippen molar-refractivity contribution < 1.29 is 0 Å². The van der Waals surface area contributed by atoms with Gasteiger partial charge in [-0.15, -0.1) is 11.3 Å². The number of hydrogen-bond donors (Lipinski definition) is 0. The van der Waals surface area contributed by atoms with Gasteiger partial charge in [0.25, 0.3) is 0 Å². The minimum atomic E-state index is -0.113. The van der Waals surface area contributed by atoms with Gasteiger partial charge >= 0.3 is 0 Å². The van der Waals surface area contributed by atoms with Crippen LogP contribution in [-0.2, 0) is 17.3 Å². The number of para-hydroxylation sites is 6. The highest BCUT2D eigenvalue weighted by Crippen LogP contribution is 2.55. The molecular formula is C67H50BrN7S2. The predicted octanol–water partition coefficient (Wildman–Crippen LogP) is 18.4. The van der Waals surface area contributed by atoms with Crippen LogP contribution in [0, 0.1) is 0 Å². The van der Waals surface area contributed by atoms with Gasteiger partial charge in [0.15, 0.2) is 0 Å². The summed E-state index contributed by atoms with van der Waals surface area (Å²) in [6.07, 6.45) is 8.17. The molecule has 0 unspecified atom stereocenters. The smallest absolute Gasteiger partial charge is 0.131 e. The maximum Gasteiger partial charge on any atom is 0.131 e. The summed E-state index contributed by atoms with van der Waals surface area (Å²) in [5.74, 6) is 0. The number of rotatable bonds is 3. The Morgan fingerprint density at radius 1 is 0.364 bits per heavy atom. The molecule has 0 fully saturated rings. The van der Waals surface area contributed by atoms with Crippen molar-refractivity contribution in [2.24, 2.45) is 0 Å². The number of anilines is 3. The molecule has 0 amide bonds. The Morgan fingerprint density at radius 2 is 0.688 bits per heavy atom. The number of thiophene rings is 2. The van der Waals surface area contributed by atoms with Crippen LogP contribution in [0.2, 0.25) is 0 Å². The third-order valence-electron chi connectivity index (χ3n) is 15.7. The summed E-state index contributed by atoms with van der Waals surface area (Å²) in [5.41, 5.74) is 19.4. The van der Waals surface area contributed by atoms with Gasteiger partial charge < -0.3 is 0 Å². The van der Waals surface area contributed by atoms with Crippen LogP contribution in [0.15, 0.2) is 223 Å². The highest BCUT2D eigenvalue weighted by Gasteiger charge is 2.38. The molecule has 2 aliphatic rings. The van der Waals surface area contributed by atoms with E-state index in [0.29, 0.717) is 0 Å². The standard InChI is InChI=1S/C33H24N4S.C18H10BrN3S.C16H16/c1-33(2)23-13-5-9-17-27(23)37(28-18-10-6-14-24(28)33)32-30-29(34-19-20-35-30)31(38-32)36-25-15-7-3-11-21(25)22-12-4-8-16-26(22)36;19-17-15-16(21-10-9-20-15)18(23-17)22-13-7-3-1-5-11(13)12-6-2-4-8-14(12)22;1-16(2)14-9-5-3-7-12(14)11-13-8-4-6-10-15(13)16/h3-20H,1-2H3;1-10H;3-10H,11H2,1-2H3. The first-order valence-electron chi connectivity index (χ1n) is 25.9. The lowest BCUT2D eigenvalue weighted by Crippen LogP contribution is -2.30. The van der Waals surface area contributed by atoms with Crippen LogP contribution in [0.1, 0.15) is 61.1 Å². The van der Waals surface area contributed by atoms with E-state index < -0.39 is 0 Å². The van der Waals surface area contributed by atoms with Gasteiger partial charge in [-0.3, -0.25) is 19.0 Å². The van der Waals surface area contributed by atoms with E-state index in [4.69, 9.17) is 9.97 Å². The second kappa shape index (κ2) is 18.5. The van der Waals surface area contributed by atoms with E-state index in [2.05, 4.69) is 262 Å². The molecule has 7 heterocycles. The fraction of sp³-hybridized carbons (Fsp3) is 0.104. The third-order valence-corrected chi connectivity index (χ3v) is 18.7. The topological polar surface area (TPSA) is 64.7 Å². The van der Waals surface area contributed by atoms with Crippen LogP contribution in [0.25, 0.3) is 75.7 Å². The van der Waals surface area contributed by atoms with Crippen molar-refractivity contribution in [3.05, 3.63) is 256 Å². The molecule has 1 aliphatic carbocycles. The number of aromatic nitrogens is 6. The maximum absolute atomic E-state index is 4.92. The average molecular weight is 1100 g/mol. The second-order valence-electron chi connectivity index (χ2n) is 20.8. The normalized spacial score (nSPS) is 13.9. The van der Waals surface area contributed by atoms with E-state index >= 15 is 0 Å². The van der Waals surface area contributed by atoms with Gasteiger partial charge in [0, 0.05) is 57.2 Å². The Bertz CT molecular complexity index is 4410. The van der Waals surface area contributed by atoms with Crippen molar-refractivity contribution in [1.82, 2.24) is 29.1 Å². The van der Waals surface area contributed by atoms with Crippen molar-refractivity contribution in [2.75, 3.05) is 4.90 Å². The van der Waals surface area contributed by atoms with Gasteiger partial charge in [-0.05, 0) is 92.1 Å². The minimum Gasteiger partial charge on any atom is -0.299 e. The zero-order valence-corrected chi connectivity index (χ0v) is 46.0. The monoisotopic (exact) mass is 1100 g/mol. The summed E-state index contributed by atoms with van der Waals surface area (Å²) >= 11 is 7.06. The zero-order valence-electron chi connectivity index (χ0n) is 42.8. The van der Waals surface area contributed by atoms with E-state index in [-0.39, 0.29) is 10.8 Å². The fourth-order valence-corrected chi connectivity index (χ4v) is 15.2. The SMILES string of the molecule is Brc1sc(-n2c3ccccc3c3ccccc32)c2nccnc12.CC1(C)c2ccccc2Cc2ccccc21.CC1(C)c2ccccc2N(c2sc(-n3c4ccccc4c4ccccc43)c3nccnc23)c2ccccc21. The van der Waals surface area contributed by atoms with Crippen molar-refractivity contribution >= 4 is 121 Å². The first kappa shape index (κ1) is 47.2. The van der Waals surface area contributed by atoms with Crippen LogP contribution >= 0.6 is 38.6 Å². The molecule has 0 N–H and O–H groups in total. The van der Waals surface area contributed by atoms with Gasteiger partial charge in [-0.25, -0.2) is 15.0 Å². The van der Waals surface area contributed by atoms with Gasteiger partial charge in [-0.2, -0.15) is 0 Å². The molecule has 14 aromatic rings. The van der Waals surface area contributed by atoms with E-state index in [1.54, 1.807) is 47.5 Å². The molecule has 6 aromatic heterocycles. The van der Waals surface area contributed by atoms with E-state index in [1.165, 1.54) is 88.4 Å². The summed E-state index contributed by atoms with van der Waals surface area (Å²) in [6.45, 7) is 9.28. The molecule has 0 radical (unpaired) electrons. The quantitative estimate of drug-likeness (QED) is 0.176. The number of halogens is 1. The largest absolute Gasteiger partial charge is 0.299 e. The van der Waals surface area contributed by atoms with Gasteiger partial charge in [0.1, 0.15) is 37.1 Å². The molecule has 77 heavy (non-hydrogen) atoms. The summed E-state index contributed by atoms with van der Waals surface area (Å²) in [4.78, 5) is 21.3. The highest BCUT2D eigenvalue weighted by atomic mass is 79.9. The Labute approximate surface area is 462 Å². The zero-order chi connectivity index (χ0) is 52.0. The number of fused-ring (bicyclic) bond motifs is 12. The van der Waals surface area contributed by atoms with Crippen LogP contribution in [0.4, 0.5) is 16.4 Å². The molecule has 0 atom stereocenters. The van der Waals surface area contributed by atoms with Gasteiger partial charge in [0.05, 0.1) is 37.2 Å². The third kappa shape index (κ3) is 7.48. The number of hydrogen-bond acceptors (Lipinski definition) is 7. The van der Waals surface area contributed by atoms with Crippen molar-refractivity contribution in [3.63, 3.8) is 0 Å². The van der Waals surface area contributed by atoms with Gasteiger partial charge in [0.2, 0.25) is 0 Å². The predicted molar refractivity (Wildman–Crippen MR) is 326 cm³/mol. The van der Waals surface area contributed by atoms with E-state index in [1.807, 2.05) is 0 Å². The van der Waals surface area contributed by atoms with Crippen molar-refractivity contribution in [3.8, 4) is 10.0 Å². The Kier molecular flexibility index (Phi) is 11.3. The molecule has 1 aliphatic heterocycles. The summed E-state index contributed by atoms with van der Waals surface area (Å²) in [5, 5.41) is 8.25. The van der Waals surface area contributed by atoms with Gasteiger partial charge in [-0.1, -0.05) is 197 Å². The molecular weight excluding hydrogens is 1050 g/mol. The molecule has 0 saturated carbocycles. The van der Waals surface area contributed by atoms with E-state index in [0.717, 1.165) is 47.3 Å². The minimum absolute atomic E-state index is 0.113. The summed E-state index contributed by atoms with van der Waals surface area (Å²) < 4.78 is 5.66. The van der Waals surface area contributed by atoms with Crippen molar-refractivity contribution in [1.29, 1.82) is 0 Å². The van der Waals surface area contributed by atoms with Crippen molar-refractivity contribution in [2.45, 2.75) is 44.9 Å². The van der Waals surface area contributed by atoms with Crippen LogP contribution in [-0.4, -0.2) is 29.1 Å². The van der Waals surface area contributed by atoms with E-state index in [9.17, 15) is 0 Å². The first-order chi connectivity index (χ1) is 37.7. The molecule has 7 nitrogen and oxygen atoms in total. The van der Waals surface area contributed by atoms with Crippen LogP contribution < -0.4 is 4.90 Å². The maximum atomic E-state index is 4.92. The molecule has 16 rings (SSSR count).